The first-order chi connectivity index (χ1) is 13.6. The van der Waals surface area contributed by atoms with Gasteiger partial charge in [0.2, 0.25) is 15.9 Å². The summed E-state index contributed by atoms with van der Waals surface area (Å²) in [6, 6.07) is 13.2. The maximum absolute atomic E-state index is 12.4. The Morgan fingerprint density at radius 2 is 1.79 bits per heavy atom. The Hall–Kier alpha value is -2.05. The SMILES string of the molecule is CC[C@H](NC(=O)CCCN(c1cccc(Cl)c1C)S(C)(=O)=O)c1ccc(C)cc1. The molecule has 0 aliphatic rings. The second kappa shape index (κ2) is 10.1. The number of anilines is 1. The number of nitrogens with zero attached hydrogens (tertiary/aromatic N) is 1. The van der Waals surface area contributed by atoms with Crippen LogP contribution in [-0.4, -0.2) is 27.1 Å². The van der Waals surface area contributed by atoms with Gasteiger partial charge in [-0.05, 0) is 49.9 Å². The molecule has 0 saturated carbocycles. The number of carbonyl (C=O) groups is 1. The number of carbonyl (C=O) groups excluding carboxylic acids is 1. The maximum Gasteiger partial charge on any atom is 0.232 e. The summed E-state index contributed by atoms with van der Waals surface area (Å²) in [7, 11) is -3.49. The zero-order valence-corrected chi connectivity index (χ0v) is 19.0. The lowest BCUT2D eigenvalue weighted by Gasteiger charge is -2.24. The summed E-state index contributed by atoms with van der Waals surface area (Å²) in [5.41, 5.74) is 3.49. The summed E-state index contributed by atoms with van der Waals surface area (Å²) in [6.07, 6.45) is 2.60. The number of hydrogen-bond donors (Lipinski definition) is 1. The number of aryl methyl sites for hydroxylation is 1. The molecule has 29 heavy (non-hydrogen) atoms. The van der Waals surface area contributed by atoms with Gasteiger partial charge in [-0.15, -0.1) is 0 Å². The van der Waals surface area contributed by atoms with Gasteiger partial charge in [-0.2, -0.15) is 0 Å². The van der Waals surface area contributed by atoms with Crippen molar-refractivity contribution in [3.05, 3.63) is 64.2 Å². The van der Waals surface area contributed by atoms with E-state index in [-0.39, 0.29) is 24.9 Å². The zero-order valence-electron chi connectivity index (χ0n) is 17.4. The van der Waals surface area contributed by atoms with Gasteiger partial charge in [0.25, 0.3) is 0 Å². The number of nitrogens with one attached hydrogen (secondary N) is 1. The van der Waals surface area contributed by atoms with Crippen LogP contribution < -0.4 is 9.62 Å². The smallest absolute Gasteiger partial charge is 0.232 e. The molecular weight excluding hydrogens is 408 g/mol. The van der Waals surface area contributed by atoms with Crippen LogP contribution in [0.1, 0.15) is 48.9 Å². The van der Waals surface area contributed by atoms with Crippen molar-refractivity contribution in [2.24, 2.45) is 0 Å². The van der Waals surface area contributed by atoms with Gasteiger partial charge in [-0.3, -0.25) is 9.10 Å². The lowest BCUT2D eigenvalue weighted by molar-refractivity contribution is -0.121. The highest BCUT2D eigenvalue weighted by molar-refractivity contribution is 7.92. The molecule has 1 atom stereocenters. The van der Waals surface area contributed by atoms with E-state index in [0.717, 1.165) is 18.2 Å². The van der Waals surface area contributed by atoms with Crippen molar-refractivity contribution in [3.63, 3.8) is 0 Å². The topological polar surface area (TPSA) is 66.5 Å². The van der Waals surface area contributed by atoms with Crippen LogP contribution in [0.3, 0.4) is 0 Å². The Kier molecular flexibility index (Phi) is 8.11. The fourth-order valence-electron chi connectivity index (χ4n) is 3.20. The van der Waals surface area contributed by atoms with Crippen molar-refractivity contribution in [2.75, 3.05) is 17.1 Å². The molecule has 0 aromatic heterocycles. The van der Waals surface area contributed by atoms with Crippen LogP contribution in [0.4, 0.5) is 5.69 Å². The molecule has 0 heterocycles. The molecule has 0 bridgehead atoms. The zero-order chi connectivity index (χ0) is 21.6. The maximum atomic E-state index is 12.4. The number of rotatable bonds is 9. The average Bonchev–Trinajstić information content (AvgIpc) is 2.66. The highest BCUT2D eigenvalue weighted by Crippen LogP contribution is 2.28. The molecule has 2 aromatic carbocycles. The van der Waals surface area contributed by atoms with Crippen LogP contribution in [0.2, 0.25) is 5.02 Å². The molecule has 7 heteroatoms. The van der Waals surface area contributed by atoms with Gasteiger partial charge in [0, 0.05) is 18.0 Å². The lowest BCUT2D eigenvalue weighted by Crippen LogP contribution is -2.33. The Morgan fingerprint density at radius 3 is 2.38 bits per heavy atom. The minimum absolute atomic E-state index is 0.0516. The third-order valence-corrected chi connectivity index (χ3v) is 6.49. The second-order valence-corrected chi connectivity index (χ2v) is 9.58. The third kappa shape index (κ3) is 6.47. The number of halogens is 1. The molecule has 2 rings (SSSR count). The van der Waals surface area contributed by atoms with Crippen molar-refractivity contribution >= 4 is 33.2 Å². The Balaban J connectivity index is 2.01. The molecule has 0 aliphatic carbocycles. The predicted molar refractivity (Wildman–Crippen MR) is 120 cm³/mol. The van der Waals surface area contributed by atoms with Crippen molar-refractivity contribution in [1.82, 2.24) is 5.32 Å². The number of sulfonamides is 1. The molecule has 1 N–H and O–H groups in total. The van der Waals surface area contributed by atoms with Gasteiger partial charge in [0.05, 0.1) is 18.0 Å². The van der Waals surface area contributed by atoms with Crippen molar-refractivity contribution < 1.29 is 13.2 Å². The lowest BCUT2D eigenvalue weighted by atomic mass is 10.0. The van der Waals surface area contributed by atoms with E-state index in [1.165, 1.54) is 9.87 Å². The summed E-state index contributed by atoms with van der Waals surface area (Å²) in [5.74, 6) is -0.0892. The largest absolute Gasteiger partial charge is 0.349 e. The number of amides is 1. The van der Waals surface area contributed by atoms with E-state index in [9.17, 15) is 13.2 Å². The molecule has 0 unspecified atom stereocenters. The second-order valence-electron chi connectivity index (χ2n) is 7.26. The van der Waals surface area contributed by atoms with E-state index in [4.69, 9.17) is 11.6 Å². The molecule has 158 valence electrons. The van der Waals surface area contributed by atoms with Gasteiger partial charge in [0.15, 0.2) is 0 Å². The predicted octanol–water partition coefficient (Wildman–Crippen LogP) is 4.77. The number of benzene rings is 2. The van der Waals surface area contributed by atoms with Gasteiger partial charge in [-0.25, -0.2) is 8.42 Å². The molecule has 5 nitrogen and oxygen atoms in total. The first kappa shape index (κ1) is 23.2. The molecular formula is C22H29ClN2O3S. The van der Waals surface area contributed by atoms with E-state index < -0.39 is 10.0 Å². The fraction of sp³-hybridized carbons (Fsp3) is 0.409. The molecule has 0 saturated heterocycles. The van der Waals surface area contributed by atoms with E-state index in [1.54, 1.807) is 25.1 Å². The summed E-state index contributed by atoms with van der Waals surface area (Å²) >= 11 is 6.15. The fourth-order valence-corrected chi connectivity index (χ4v) is 4.39. The molecule has 1 amide bonds. The Bertz CT molecular complexity index is 943. The summed E-state index contributed by atoms with van der Waals surface area (Å²) in [6.45, 7) is 6.06. The molecule has 0 fully saturated rings. The van der Waals surface area contributed by atoms with Crippen molar-refractivity contribution in [1.29, 1.82) is 0 Å². The standard InChI is InChI=1S/C22H29ClN2O3S/c1-5-20(18-13-11-16(2)12-14-18)24-22(26)10-7-15-25(29(4,27)28)21-9-6-8-19(23)17(21)3/h6,8-9,11-14,20H,5,7,10,15H2,1-4H3,(H,24,26)/t20-/m0/s1. The molecule has 2 aromatic rings. The van der Waals surface area contributed by atoms with E-state index in [0.29, 0.717) is 22.7 Å². The van der Waals surface area contributed by atoms with Crippen molar-refractivity contribution in [2.45, 2.75) is 46.1 Å². The highest BCUT2D eigenvalue weighted by atomic mass is 35.5. The van der Waals surface area contributed by atoms with Crippen molar-refractivity contribution in [3.8, 4) is 0 Å². The minimum atomic E-state index is -3.49. The normalized spacial score (nSPS) is 12.4. The van der Waals surface area contributed by atoms with Crippen LogP contribution >= 0.6 is 11.6 Å². The minimum Gasteiger partial charge on any atom is -0.349 e. The quantitative estimate of drug-likeness (QED) is 0.615. The summed E-state index contributed by atoms with van der Waals surface area (Å²) in [4.78, 5) is 12.4. The van der Waals surface area contributed by atoms with Crippen LogP contribution in [0.25, 0.3) is 0 Å². The van der Waals surface area contributed by atoms with Crippen LogP contribution in [-0.2, 0) is 14.8 Å². The molecule has 0 aliphatic heterocycles. The third-order valence-electron chi connectivity index (χ3n) is 4.90. The number of hydrogen-bond acceptors (Lipinski definition) is 3. The highest BCUT2D eigenvalue weighted by Gasteiger charge is 2.20. The van der Waals surface area contributed by atoms with Gasteiger partial charge in [0.1, 0.15) is 0 Å². The first-order valence-electron chi connectivity index (χ1n) is 9.72. The van der Waals surface area contributed by atoms with Gasteiger partial charge in [-0.1, -0.05) is 54.4 Å². The van der Waals surface area contributed by atoms with E-state index in [2.05, 4.69) is 5.32 Å². The summed E-state index contributed by atoms with van der Waals surface area (Å²) < 4.78 is 25.9. The molecule has 0 radical (unpaired) electrons. The molecule has 0 spiro atoms. The van der Waals surface area contributed by atoms with Crippen LogP contribution in [0, 0.1) is 13.8 Å². The average molecular weight is 437 g/mol. The van der Waals surface area contributed by atoms with Crippen LogP contribution in [0.15, 0.2) is 42.5 Å². The Labute approximate surface area is 179 Å². The van der Waals surface area contributed by atoms with E-state index in [1.807, 2.05) is 38.1 Å². The Morgan fingerprint density at radius 1 is 1.14 bits per heavy atom. The van der Waals surface area contributed by atoms with E-state index >= 15 is 0 Å². The monoisotopic (exact) mass is 436 g/mol. The van der Waals surface area contributed by atoms with Gasteiger partial charge < -0.3 is 5.32 Å². The summed E-state index contributed by atoms with van der Waals surface area (Å²) in [5, 5.41) is 3.56. The van der Waals surface area contributed by atoms with Gasteiger partial charge >= 0.3 is 0 Å². The van der Waals surface area contributed by atoms with Crippen LogP contribution in [0.5, 0.6) is 0 Å². The first-order valence-corrected chi connectivity index (χ1v) is 11.9.